The van der Waals surface area contributed by atoms with Crippen LogP contribution in [0.15, 0.2) is 16.6 Å². The van der Waals surface area contributed by atoms with Crippen molar-refractivity contribution in [3.8, 4) is 0 Å². The lowest BCUT2D eigenvalue weighted by Crippen LogP contribution is -2.27. The maximum Gasteiger partial charge on any atom is 0.412 e. The second kappa shape index (κ2) is 5.56. The Labute approximate surface area is 127 Å². The smallest absolute Gasteiger partial charge is 0.412 e. The number of ether oxygens (including phenoxy) is 1. The molecule has 0 bridgehead atoms. The fraction of sp³-hybridized carbons (Fsp3) is 0.467. The van der Waals surface area contributed by atoms with Gasteiger partial charge < -0.3 is 4.74 Å². The van der Waals surface area contributed by atoms with Gasteiger partial charge in [0.2, 0.25) is 0 Å². The number of ketones is 1. The molecule has 1 aromatic rings. The zero-order valence-corrected chi connectivity index (χ0v) is 13.5. The number of rotatable bonds is 1. The number of carbonyl (C=O) groups excluding carboxylic acids is 2. The van der Waals surface area contributed by atoms with E-state index in [-0.39, 0.29) is 5.78 Å². The normalized spacial score (nSPS) is 14.7. The molecule has 20 heavy (non-hydrogen) atoms. The number of hydrogen-bond acceptors (Lipinski definition) is 3. The molecule has 108 valence electrons. The summed E-state index contributed by atoms with van der Waals surface area (Å²) in [6.45, 7) is 5.44. The highest BCUT2D eigenvalue weighted by molar-refractivity contribution is 9.10. The zero-order valence-electron chi connectivity index (χ0n) is 11.9. The highest BCUT2D eigenvalue weighted by Crippen LogP contribution is 2.34. The lowest BCUT2D eigenvalue weighted by molar-refractivity contribution is 0.0635. The molecule has 5 heteroatoms. The molecule has 0 heterocycles. The molecule has 4 nitrogen and oxygen atoms in total. The number of halogens is 1. The second-order valence-electron chi connectivity index (χ2n) is 5.86. The van der Waals surface area contributed by atoms with Crippen molar-refractivity contribution in [3.05, 3.63) is 27.7 Å². The van der Waals surface area contributed by atoms with Crippen molar-refractivity contribution in [2.45, 2.75) is 45.6 Å². The lowest BCUT2D eigenvalue weighted by atomic mass is 9.90. The first kappa shape index (κ1) is 15.0. The van der Waals surface area contributed by atoms with E-state index in [0.717, 1.165) is 28.4 Å². The summed E-state index contributed by atoms with van der Waals surface area (Å²) >= 11 is 3.48. The van der Waals surface area contributed by atoms with Crippen molar-refractivity contribution in [2.75, 3.05) is 5.32 Å². The van der Waals surface area contributed by atoms with Gasteiger partial charge in [0.15, 0.2) is 5.78 Å². The van der Waals surface area contributed by atoms with Crippen LogP contribution in [0.2, 0.25) is 0 Å². The van der Waals surface area contributed by atoms with Gasteiger partial charge in [-0.3, -0.25) is 10.1 Å². The van der Waals surface area contributed by atoms with E-state index in [1.807, 2.05) is 20.8 Å². The summed E-state index contributed by atoms with van der Waals surface area (Å²) in [5.74, 6) is 0.163. The van der Waals surface area contributed by atoms with Crippen LogP contribution in [0.25, 0.3) is 0 Å². The van der Waals surface area contributed by atoms with Crippen LogP contribution in [-0.4, -0.2) is 17.5 Å². The lowest BCUT2D eigenvalue weighted by Gasteiger charge is -2.22. The predicted octanol–water partition coefficient (Wildman–Crippen LogP) is 4.32. The Morgan fingerprint density at radius 2 is 2.00 bits per heavy atom. The van der Waals surface area contributed by atoms with Crippen LogP contribution in [0.4, 0.5) is 10.5 Å². The molecule has 1 amide bonds. The maximum absolute atomic E-state index is 11.8. The molecule has 1 aliphatic carbocycles. The molecule has 0 saturated heterocycles. The number of Topliss-reactive ketones (excluding diaryl/α,β-unsaturated/α-hetero) is 1. The van der Waals surface area contributed by atoms with Gasteiger partial charge in [-0.1, -0.05) is 0 Å². The van der Waals surface area contributed by atoms with Crippen molar-refractivity contribution >= 4 is 33.5 Å². The van der Waals surface area contributed by atoms with Crippen LogP contribution in [0.5, 0.6) is 0 Å². The fourth-order valence-corrected chi connectivity index (χ4v) is 2.84. The topological polar surface area (TPSA) is 55.4 Å². The maximum atomic E-state index is 11.8. The summed E-state index contributed by atoms with van der Waals surface area (Å²) in [4.78, 5) is 23.6. The van der Waals surface area contributed by atoms with Crippen LogP contribution >= 0.6 is 15.9 Å². The minimum Gasteiger partial charge on any atom is -0.444 e. The van der Waals surface area contributed by atoms with E-state index in [4.69, 9.17) is 4.74 Å². The molecule has 0 radical (unpaired) electrons. The standard InChI is InChI=1S/C15H18BrNO3/c1-15(2,3)20-14(19)17-11-8-7-9-10(13(11)16)5-4-6-12(9)18/h7-8H,4-6H2,1-3H3,(H,17,19). The van der Waals surface area contributed by atoms with Gasteiger partial charge in [0, 0.05) is 16.5 Å². The molecule has 1 aliphatic rings. The average molecular weight is 340 g/mol. The van der Waals surface area contributed by atoms with Crippen molar-refractivity contribution in [1.82, 2.24) is 0 Å². The molecule has 2 rings (SSSR count). The Balaban J connectivity index is 2.22. The van der Waals surface area contributed by atoms with Gasteiger partial charge in [0.05, 0.1) is 5.69 Å². The Morgan fingerprint density at radius 3 is 2.65 bits per heavy atom. The molecular weight excluding hydrogens is 322 g/mol. The molecule has 0 aromatic heterocycles. The minimum absolute atomic E-state index is 0.163. The van der Waals surface area contributed by atoms with Crippen LogP contribution in [-0.2, 0) is 11.2 Å². The third-order valence-electron chi connectivity index (χ3n) is 3.01. The number of anilines is 1. The van der Waals surface area contributed by atoms with Gasteiger partial charge in [-0.2, -0.15) is 0 Å². The van der Waals surface area contributed by atoms with E-state index < -0.39 is 11.7 Å². The molecule has 0 atom stereocenters. The number of nitrogens with one attached hydrogen (secondary N) is 1. The largest absolute Gasteiger partial charge is 0.444 e. The van der Waals surface area contributed by atoms with E-state index in [1.165, 1.54) is 0 Å². The average Bonchev–Trinajstić information content (AvgIpc) is 2.31. The quantitative estimate of drug-likeness (QED) is 0.829. The first-order valence-corrected chi connectivity index (χ1v) is 7.42. The van der Waals surface area contributed by atoms with Crippen molar-refractivity contribution < 1.29 is 14.3 Å². The molecule has 0 fully saturated rings. The highest BCUT2D eigenvalue weighted by atomic mass is 79.9. The van der Waals surface area contributed by atoms with E-state index in [0.29, 0.717) is 12.1 Å². The van der Waals surface area contributed by atoms with Crippen LogP contribution in [0.3, 0.4) is 0 Å². The van der Waals surface area contributed by atoms with E-state index in [2.05, 4.69) is 21.2 Å². The van der Waals surface area contributed by atoms with Gasteiger partial charge in [-0.25, -0.2) is 4.79 Å². The first-order valence-electron chi connectivity index (χ1n) is 6.62. The molecule has 1 N–H and O–H groups in total. The van der Waals surface area contributed by atoms with Gasteiger partial charge in [0.25, 0.3) is 0 Å². The first-order chi connectivity index (χ1) is 9.28. The minimum atomic E-state index is -0.541. The molecule has 0 aliphatic heterocycles. The van der Waals surface area contributed by atoms with Crippen molar-refractivity contribution in [2.24, 2.45) is 0 Å². The number of amides is 1. The van der Waals surface area contributed by atoms with Crippen LogP contribution in [0, 0.1) is 0 Å². The SMILES string of the molecule is CC(C)(C)OC(=O)Nc1ccc2c(c1Br)CCCC2=O. The van der Waals surface area contributed by atoms with Crippen molar-refractivity contribution in [1.29, 1.82) is 0 Å². The zero-order chi connectivity index (χ0) is 14.9. The van der Waals surface area contributed by atoms with Crippen LogP contribution in [0.1, 0.15) is 49.5 Å². The molecule has 0 saturated carbocycles. The molecular formula is C15H18BrNO3. The fourth-order valence-electron chi connectivity index (χ4n) is 2.20. The van der Waals surface area contributed by atoms with E-state index >= 15 is 0 Å². The van der Waals surface area contributed by atoms with Gasteiger partial charge in [-0.15, -0.1) is 0 Å². The number of fused-ring (bicyclic) bond motifs is 1. The van der Waals surface area contributed by atoms with Gasteiger partial charge >= 0.3 is 6.09 Å². The Bertz CT molecular complexity index is 561. The number of benzene rings is 1. The summed E-state index contributed by atoms with van der Waals surface area (Å²) < 4.78 is 6.00. The van der Waals surface area contributed by atoms with Crippen molar-refractivity contribution in [3.63, 3.8) is 0 Å². The summed E-state index contributed by atoms with van der Waals surface area (Å²) in [6.07, 6.45) is 1.78. The molecule has 0 spiro atoms. The summed E-state index contributed by atoms with van der Waals surface area (Å²) in [7, 11) is 0. The summed E-state index contributed by atoms with van der Waals surface area (Å²) in [5.41, 5.74) is 1.81. The summed E-state index contributed by atoms with van der Waals surface area (Å²) in [6, 6.07) is 3.50. The number of hydrogen-bond donors (Lipinski definition) is 1. The van der Waals surface area contributed by atoms with E-state index in [1.54, 1.807) is 12.1 Å². The van der Waals surface area contributed by atoms with Gasteiger partial charge in [-0.05, 0) is 67.2 Å². The molecule has 1 aromatic carbocycles. The second-order valence-corrected chi connectivity index (χ2v) is 6.65. The Morgan fingerprint density at radius 1 is 1.30 bits per heavy atom. The Hall–Kier alpha value is -1.36. The third kappa shape index (κ3) is 3.39. The summed E-state index contributed by atoms with van der Waals surface area (Å²) in [5, 5.41) is 2.71. The molecule has 0 unspecified atom stereocenters. The predicted molar refractivity (Wildman–Crippen MR) is 81.3 cm³/mol. The highest BCUT2D eigenvalue weighted by Gasteiger charge is 2.22. The van der Waals surface area contributed by atoms with Crippen LogP contribution < -0.4 is 5.32 Å². The number of carbonyl (C=O) groups is 2. The van der Waals surface area contributed by atoms with Gasteiger partial charge in [0.1, 0.15) is 5.60 Å². The third-order valence-corrected chi connectivity index (χ3v) is 3.92. The monoisotopic (exact) mass is 339 g/mol. The Kier molecular flexibility index (Phi) is 4.18. The van der Waals surface area contributed by atoms with E-state index in [9.17, 15) is 9.59 Å².